The summed E-state index contributed by atoms with van der Waals surface area (Å²) in [6.07, 6.45) is 0. The van der Waals surface area contributed by atoms with Gasteiger partial charge in [0, 0.05) is 11.6 Å². The van der Waals surface area contributed by atoms with Gasteiger partial charge in [-0.2, -0.15) is 0 Å². The van der Waals surface area contributed by atoms with Crippen LogP contribution < -0.4 is 4.74 Å². The lowest BCUT2D eigenvalue weighted by Crippen LogP contribution is -2.12. The van der Waals surface area contributed by atoms with Crippen molar-refractivity contribution >= 4 is 27.4 Å². The summed E-state index contributed by atoms with van der Waals surface area (Å²) in [5.41, 5.74) is 1.38. The summed E-state index contributed by atoms with van der Waals surface area (Å²) in [6, 6.07) is 11.6. The highest BCUT2D eigenvalue weighted by atomic mass is 79.9. The zero-order chi connectivity index (χ0) is 15.4. The minimum absolute atomic E-state index is 0.0583. The van der Waals surface area contributed by atoms with Crippen molar-refractivity contribution in [1.29, 1.82) is 0 Å². The highest BCUT2D eigenvalue weighted by Gasteiger charge is 2.19. The van der Waals surface area contributed by atoms with E-state index in [9.17, 15) is 14.9 Å². The molecule has 0 N–H and O–H groups in total. The fraction of sp³-hybridized carbons (Fsp3) is 0.133. The third-order valence-corrected chi connectivity index (χ3v) is 3.49. The lowest BCUT2D eigenvalue weighted by Gasteiger charge is -2.08. The van der Waals surface area contributed by atoms with Crippen LogP contribution in [0.5, 0.6) is 5.75 Å². The number of hydrogen-bond donors (Lipinski definition) is 0. The lowest BCUT2D eigenvalue weighted by atomic mass is 10.1. The molecular formula is C15H12BrNO4. The molecule has 0 unspecified atom stereocenters. The predicted molar refractivity (Wildman–Crippen MR) is 81.8 cm³/mol. The Morgan fingerprint density at radius 3 is 2.52 bits per heavy atom. The molecular weight excluding hydrogens is 338 g/mol. The number of aryl methyl sites for hydroxylation is 1. The van der Waals surface area contributed by atoms with E-state index in [0.29, 0.717) is 10.0 Å². The fourth-order valence-corrected chi connectivity index (χ4v) is 2.21. The molecule has 0 spiro atoms. The second-order valence-corrected chi connectivity index (χ2v) is 5.28. The molecule has 2 aromatic rings. The quantitative estimate of drug-likeness (QED) is 0.465. The van der Waals surface area contributed by atoms with E-state index in [2.05, 4.69) is 15.9 Å². The number of nitro groups is 1. The van der Waals surface area contributed by atoms with Crippen molar-refractivity contribution in [3.05, 3.63) is 68.2 Å². The predicted octanol–water partition coefficient (Wildman–Crippen LogP) is 3.93. The van der Waals surface area contributed by atoms with E-state index >= 15 is 0 Å². The Kier molecular flexibility index (Phi) is 4.70. The van der Waals surface area contributed by atoms with Gasteiger partial charge >= 0.3 is 5.69 Å². The number of ketones is 1. The zero-order valence-electron chi connectivity index (χ0n) is 11.2. The van der Waals surface area contributed by atoms with Crippen LogP contribution in [0.3, 0.4) is 0 Å². The first-order chi connectivity index (χ1) is 9.99. The van der Waals surface area contributed by atoms with Crippen molar-refractivity contribution in [2.75, 3.05) is 6.61 Å². The van der Waals surface area contributed by atoms with Gasteiger partial charge in [0.1, 0.15) is 0 Å². The fourth-order valence-electron chi connectivity index (χ4n) is 1.74. The Morgan fingerprint density at radius 2 is 1.90 bits per heavy atom. The highest BCUT2D eigenvalue weighted by Crippen LogP contribution is 2.34. The monoisotopic (exact) mass is 349 g/mol. The first kappa shape index (κ1) is 15.2. The molecule has 0 heterocycles. The normalized spacial score (nSPS) is 10.2. The number of para-hydroxylation sites is 1. The van der Waals surface area contributed by atoms with Gasteiger partial charge in [0.05, 0.1) is 9.40 Å². The van der Waals surface area contributed by atoms with Gasteiger partial charge in [-0.05, 0) is 28.9 Å². The number of nitrogens with zero attached hydrogens (tertiary/aromatic N) is 1. The van der Waals surface area contributed by atoms with Gasteiger partial charge in [0.15, 0.2) is 12.4 Å². The van der Waals surface area contributed by atoms with Gasteiger partial charge in [-0.15, -0.1) is 0 Å². The van der Waals surface area contributed by atoms with Crippen molar-refractivity contribution in [1.82, 2.24) is 0 Å². The Labute approximate surface area is 129 Å². The Balaban J connectivity index is 2.15. The van der Waals surface area contributed by atoms with Gasteiger partial charge in [0.2, 0.25) is 5.75 Å². The third kappa shape index (κ3) is 3.66. The minimum atomic E-state index is -0.545. The van der Waals surface area contributed by atoms with Crippen LogP contribution in [-0.2, 0) is 0 Å². The van der Waals surface area contributed by atoms with E-state index in [4.69, 9.17) is 4.74 Å². The molecule has 0 atom stereocenters. The number of benzene rings is 2. The zero-order valence-corrected chi connectivity index (χ0v) is 12.8. The lowest BCUT2D eigenvalue weighted by molar-refractivity contribution is -0.385. The van der Waals surface area contributed by atoms with Crippen LogP contribution in [0.4, 0.5) is 5.69 Å². The molecule has 0 radical (unpaired) electrons. The molecule has 108 valence electrons. The number of rotatable bonds is 5. The molecule has 2 rings (SSSR count). The van der Waals surface area contributed by atoms with E-state index in [0.717, 1.165) is 5.56 Å². The smallest absolute Gasteiger partial charge is 0.312 e. The highest BCUT2D eigenvalue weighted by molar-refractivity contribution is 9.10. The third-order valence-electron chi connectivity index (χ3n) is 2.86. The van der Waals surface area contributed by atoms with Gasteiger partial charge in [-0.3, -0.25) is 14.9 Å². The molecule has 2 aromatic carbocycles. The van der Waals surface area contributed by atoms with Crippen molar-refractivity contribution < 1.29 is 14.5 Å². The van der Waals surface area contributed by atoms with E-state index in [1.807, 2.05) is 19.1 Å². The molecule has 0 saturated carbocycles. The van der Waals surface area contributed by atoms with Crippen LogP contribution in [0.1, 0.15) is 15.9 Å². The molecule has 0 fully saturated rings. The Bertz CT molecular complexity index is 683. The second kappa shape index (κ2) is 6.49. The van der Waals surface area contributed by atoms with E-state index in [1.54, 1.807) is 18.2 Å². The maximum atomic E-state index is 12.0. The Hall–Kier alpha value is -2.21. The standard InChI is InChI=1S/C15H12BrNO4/c1-10-5-7-11(8-6-10)14(18)9-21-15-12(16)3-2-4-13(15)17(19)20/h2-8H,9H2,1H3. The largest absolute Gasteiger partial charge is 0.478 e. The molecule has 0 bridgehead atoms. The summed E-state index contributed by atoms with van der Waals surface area (Å²) in [5.74, 6) is -0.178. The number of ether oxygens (including phenoxy) is 1. The number of carbonyl (C=O) groups is 1. The molecule has 6 heteroatoms. The number of hydrogen-bond acceptors (Lipinski definition) is 4. The first-order valence-corrected chi connectivity index (χ1v) is 6.94. The maximum Gasteiger partial charge on any atom is 0.312 e. The molecule has 0 aliphatic carbocycles. The van der Waals surface area contributed by atoms with Gasteiger partial charge in [0.25, 0.3) is 0 Å². The van der Waals surface area contributed by atoms with E-state index in [1.165, 1.54) is 12.1 Å². The van der Waals surface area contributed by atoms with Gasteiger partial charge in [-0.1, -0.05) is 35.9 Å². The summed E-state index contributed by atoms with van der Waals surface area (Å²) in [4.78, 5) is 22.4. The number of halogens is 1. The molecule has 0 amide bonds. The van der Waals surface area contributed by atoms with Crippen molar-refractivity contribution in [2.45, 2.75) is 6.92 Å². The summed E-state index contributed by atoms with van der Waals surface area (Å²) >= 11 is 3.19. The Morgan fingerprint density at radius 1 is 1.24 bits per heavy atom. The molecule has 0 aromatic heterocycles. The SMILES string of the molecule is Cc1ccc(C(=O)COc2c(Br)cccc2[N+](=O)[O-])cc1. The van der Waals surface area contributed by atoms with Gasteiger partial charge < -0.3 is 4.74 Å². The van der Waals surface area contributed by atoms with E-state index < -0.39 is 4.92 Å². The summed E-state index contributed by atoms with van der Waals surface area (Å²) in [5, 5.41) is 10.9. The van der Waals surface area contributed by atoms with Crippen molar-refractivity contribution in [3.63, 3.8) is 0 Å². The summed E-state index contributed by atoms with van der Waals surface area (Å²) < 4.78 is 5.78. The topological polar surface area (TPSA) is 69.4 Å². The first-order valence-electron chi connectivity index (χ1n) is 6.14. The van der Waals surface area contributed by atoms with Crippen molar-refractivity contribution in [3.8, 4) is 5.75 Å². The van der Waals surface area contributed by atoms with Crippen LogP contribution in [0, 0.1) is 17.0 Å². The molecule has 0 aliphatic heterocycles. The average molecular weight is 350 g/mol. The molecule has 21 heavy (non-hydrogen) atoms. The minimum Gasteiger partial charge on any atom is -0.478 e. The summed E-state index contributed by atoms with van der Waals surface area (Å²) in [7, 11) is 0. The number of nitro benzene ring substituents is 1. The summed E-state index contributed by atoms with van der Waals surface area (Å²) in [6.45, 7) is 1.67. The van der Waals surface area contributed by atoms with Crippen LogP contribution in [-0.4, -0.2) is 17.3 Å². The van der Waals surface area contributed by atoms with Gasteiger partial charge in [-0.25, -0.2) is 0 Å². The van der Waals surface area contributed by atoms with Crippen LogP contribution >= 0.6 is 15.9 Å². The number of Topliss-reactive ketones (excluding diaryl/α,β-unsaturated/α-hetero) is 1. The molecule has 0 saturated heterocycles. The van der Waals surface area contributed by atoms with Crippen LogP contribution in [0.15, 0.2) is 46.9 Å². The molecule has 5 nitrogen and oxygen atoms in total. The average Bonchev–Trinajstić information content (AvgIpc) is 2.46. The number of carbonyl (C=O) groups excluding carboxylic acids is 1. The maximum absolute atomic E-state index is 12.0. The van der Waals surface area contributed by atoms with Crippen molar-refractivity contribution in [2.24, 2.45) is 0 Å². The van der Waals surface area contributed by atoms with Crippen LogP contribution in [0.25, 0.3) is 0 Å². The molecule has 0 aliphatic rings. The van der Waals surface area contributed by atoms with Crippen LogP contribution in [0.2, 0.25) is 0 Å². The van der Waals surface area contributed by atoms with E-state index in [-0.39, 0.29) is 23.8 Å². The second-order valence-electron chi connectivity index (χ2n) is 4.42.